The van der Waals surface area contributed by atoms with E-state index in [4.69, 9.17) is 0 Å². The van der Waals surface area contributed by atoms with Gasteiger partial charge in [-0.3, -0.25) is 4.79 Å². The van der Waals surface area contributed by atoms with Gasteiger partial charge in [0.25, 0.3) is 0 Å². The maximum absolute atomic E-state index is 12.2. The molecule has 0 saturated heterocycles. The predicted octanol–water partition coefficient (Wildman–Crippen LogP) is 9.12. The monoisotopic (exact) mass is 533 g/mol. The van der Waals surface area contributed by atoms with Crippen molar-refractivity contribution in [1.29, 1.82) is 0 Å². The third-order valence-electron chi connectivity index (χ3n) is 7.12. The van der Waals surface area contributed by atoms with Crippen LogP contribution in [0.3, 0.4) is 0 Å². The number of aliphatic hydroxyl groups excluding tert-OH is 2. The van der Waals surface area contributed by atoms with Gasteiger partial charge in [-0.2, -0.15) is 0 Å². The lowest BCUT2D eigenvalue weighted by atomic mass is 10.1. The van der Waals surface area contributed by atoms with Gasteiger partial charge in [-0.15, -0.1) is 0 Å². The molecule has 0 aromatic rings. The largest absolute Gasteiger partial charge is 0.394 e. The van der Waals surface area contributed by atoms with Crippen molar-refractivity contribution in [3.05, 3.63) is 36.5 Å². The number of hydrogen-bond donors (Lipinski definition) is 3. The van der Waals surface area contributed by atoms with Gasteiger partial charge in [0.2, 0.25) is 5.91 Å². The molecule has 0 aliphatic rings. The normalized spacial score (nSPS) is 13.7. The van der Waals surface area contributed by atoms with Crippen LogP contribution in [0.25, 0.3) is 0 Å². The van der Waals surface area contributed by atoms with Crippen LogP contribution in [0.5, 0.6) is 0 Å². The van der Waals surface area contributed by atoms with Gasteiger partial charge in [-0.25, -0.2) is 0 Å². The van der Waals surface area contributed by atoms with Crippen molar-refractivity contribution in [2.24, 2.45) is 0 Å². The summed E-state index contributed by atoms with van der Waals surface area (Å²) in [4.78, 5) is 12.2. The average molecular weight is 534 g/mol. The van der Waals surface area contributed by atoms with E-state index in [0.29, 0.717) is 6.42 Å². The number of hydrogen-bond acceptors (Lipinski definition) is 3. The first-order valence-electron chi connectivity index (χ1n) is 16.2. The summed E-state index contributed by atoms with van der Waals surface area (Å²) >= 11 is 0. The van der Waals surface area contributed by atoms with Gasteiger partial charge >= 0.3 is 0 Å². The fraction of sp³-hybridized carbons (Fsp3) is 0.794. The molecule has 0 aliphatic heterocycles. The smallest absolute Gasteiger partial charge is 0.220 e. The lowest BCUT2D eigenvalue weighted by Crippen LogP contribution is -2.45. The summed E-state index contributed by atoms with van der Waals surface area (Å²) in [6.07, 6.45) is 38.2. The fourth-order valence-electron chi connectivity index (χ4n) is 4.56. The minimum Gasteiger partial charge on any atom is -0.394 e. The van der Waals surface area contributed by atoms with E-state index in [1.807, 2.05) is 6.08 Å². The highest BCUT2D eigenvalue weighted by Crippen LogP contribution is 2.12. The second kappa shape index (κ2) is 30.2. The van der Waals surface area contributed by atoms with Crippen LogP contribution in [0.4, 0.5) is 0 Å². The van der Waals surface area contributed by atoms with Crippen LogP contribution in [-0.2, 0) is 4.79 Å². The molecule has 0 rings (SSSR count). The van der Waals surface area contributed by atoms with Gasteiger partial charge in [0.05, 0.1) is 18.8 Å². The first-order chi connectivity index (χ1) is 18.7. The second-order valence-corrected chi connectivity index (χ2v) is 10.9. The van der Waals surface area contributed by atoms with Crippen molar-refractivity contribution in [2.45, 2.75) is 167 Å². The van der Waals surface area contributed by atoms with E-state index in [2.05, 4.69) is 43.5 Å². The van der Waals surface area contributed by atoms with Crippen molar-refractivity contribution in [3.8, 4) is 0 Å². The minimum absolute atomic E-state index is 0.0784. The van der Waals surface area contributed by atoms with E-state index in [1.165, 1.54) is 103 Å². The molecule has 0 fully saturated rings. The minimum atomic E-state index is -0.835. The molecule has 1 amide bonds. The number of allylic oxidation sites excluding steroid dienone is 5. The van der Waals surface area contributed by atoms with Crippen LogP contribution in [0, 0.1) is 0 Å². The Kier molecular flexibility index (Phi) is 29.1. The third-order valence-corrected chi connectivity index (χ3v) is 7.12. The molecule has 0 heterocycles. The van der Waals surface area contributed by atoms with Crippen LogP contribution < -0.4 is 5.32 Å². The van der Waals surface area contributed by atoms with Crippen molar-refractivity contribution < 1.29 is 15.0 Å². The highest BCUT2D eigenvalue weighted by Gasteiger charge is 2.17. The van der Waals surface area contributed by atoms with E-state index in [1.54, 1.807) is 6.08 Å². The van der Waals surface area contributed by atoms with E-state index in [-0.39, 0.29) is 12.5 Å². The molecule has 0 spiro atoms. The lowest BCUT2D eigenvalue weighted by Gasteiger charge is -2.20. The molecule has 3 N–H and O–H groups in total. The number of rotatable bonds is 28. The second-order valence-electron chi connectivity index (χ2n) is 10.9. The SMILES string of the molecule is CCCCC/C=C/C(O)C(CO)NC(=O)CCCCCCCCCCC/C=C\C/C=C\CCCCCCC. The molecule has 2 atom stereocenters. The molecule has 0 aromatic carbocycles. The van der Waals surface area contributed by atoms with Crippen LogP contribution in [0.1, 0.15) is 155 Å². The van der Waals surface area contributed by atoms with E-state index >= 15 is 0 Å². The Labute approximate surface area is 236 Å². The standard InChI is InChI=1S/C34H63NO3/c1-3-5-7-9-10-11-12-13-14-15-16-17-18-19-20-21-22-23-24-26-28-30-34(38)35-32(31-36)33(37)29-27-25-8-6-4-2/h12-13,15-16,27,29,32-33,36-37H,3-11,14,17-26,28,30-31H2,1-2H3,(H,35,38)/b13-12-,16-15-,29-27+. The Morgan fingerprint density at radius 1 is 0.632 bits per heavy atom. The Hall–Kier alpha value is -1.39. The molecule has 0 bridgehead atoms. The van der Waals surface area contributed by atoms with E-state index in [0.717, 1.165) is 32.1 Å². The molecular weight excluding hydrogens is 470 g/mol. The Morgan fingerprint density at radius 3 is 1.63 bits per heavy atom. The highest BCUT2D eigenvalue weighted by atomic mass is 16.3. The van der Waals surface area contributed by atoms with Gasteiger partial charge < -0.3 is 15.5 Å². The third kappa shape index (κ3) is 26.2. The number of carbonyl (C=O) groups is 1. The zero-order chi connectivity index (χ0) is 27.9. The van der Waals surface area contributed by atoms with Gasteiger partial charge in [0.1, 0.15) is 0 Å². The zero-order valence-electron chi connectivity index (χ0n) is 25.2. The fourth-order valence-corrected chi connectivity index (χ4v) is 4.56. The Morgan fingerprint density at radius 2 is 1.08 bits per heavy atom. The summed E-state index contributed by atoms with van der Waals surface area (Å²) in [6.45, 7) is 4.18. The topological polar surface area (TPSA) is 69.6 Å². The van der Waals surface area contributed by atoms with Crippen LogP contribution in [0.2, 0.25) is 0 Å². The maximum Gasteiger partial charge on any atom is 0.220 e. The predicted molar refractivity (Wildman–Crippen MR) is 165 cm³/mol. The van der Waals surface area contributed by atoms with Crippen LogP contribution in [-0.4, -0.2) is 34.9 Å². The maximum atomic E-state index is 12.2. The van der Waals surface area contributed by atoms with Crippen molar-refractivity contribution in [2.75, 3.05) is 6.61 Å². The molecule has 0 radical (unpaired) electrons. The van der Waals surface area contributed by atoms with Crippen molar-refractivity contribution in [1.82, 2.24) is 5.32 Å². The van der Waals surface area contributed by atoms with Gasteiger partial charge in [-0.05, 0) is 51.4 Å². The van der Waals surface area contributed by atoms with Gasteiger partial charge in [-0.1, -0.05) is 134 Å². The number of carbonyl (C=O) groups excluding carboxylic acids is 1. The quantitative estimate of drug-likeness (QED) is 0.0693. The number of amides is 1. The summed E-state index contributed by atoms with van der Waals surface area (Å²) < 4.78 is 0. The van der Waals surface area contributed by atoms with Gasteiger partial charge in [0.15, 0.2) is 0 Å². The summed E-state index contributed by atoms with van der Waals surface area (Å²) in [5.41, 5.74) is 0. The zero-order valence-corrected chi connectivity index (χ0v) is 25.2. The van der Waals surface area contributed by atoms with Crippen LogP contribution in [0.15, 0.2) is 36.5 Å². The molecule has 4 nitrogen and oxygen atoms in total. The first kappa shape index (κ1) is 36.6. The Bertz CT molecular complexity index is 584. The number of unbranched alkanes of at least 4 members (excludes halogenated alkanes) is 17. The van der Waals surface area contributed by atoms with Gasteiger partial charge in [0, 0.05) is 6.42 Å². The van der Waals surface area contributed by atoms with Crippen molar-refractivity contribution in [3.63, 3.8) is 0 Å². The molecule has 38 heavy (non-hydrogen) atoms. The van der Waals surface area contributed by atoms with E-state index < -0.39 is 12.1 Å². The number of aliphatic hydroxyl groups is 2. The molecule has 2 unspecified atom stereocenters. The summed E-state index contributed by atoms with van der Waals surface area (Å²) in [5.74, 6) is -0.0784. The highest BCUT2D eigenvalue weighted by molar-refractivity contribution is 5.76. The molecule has 0 saturated carbocycles. The Balaban J connectivity index is 3.53. The summed E-state index contributed by atoms with van der Waals surface area (Å²) in [7, 11) is 0. The molecular formula is C34H63NO3. The molecule has 0 aliphatic carbocycles. The average Bonchev–Trinajstić information content (AvgIpc) is 2.92. The lowest BCUT2D eigenvalue weighted by molar-refractivity contribution is -0.123. The molecule has 0 aromatic heterocycles. The van der Waals surface area contributed by atoms with E-state index in [9.17, 15) is 15.0 Å². The summed E-state index contributed by atoms with van der Waals surface area (Å²) in [6, 6.07) is -0.618. The number of nitrogens with one attached hydrogen (secondary N) is 1. The van der Waals surface area contributed by atoms with Crippen molar-refractivity contribution >= 4 is 5.91 Å². The molecule has 222 valence electrons. The van der Waals surface area contributed by atoms with Crippen LogP contribution >= 0.6 is 0 Å². The first-order valence-corrected chi connectivity index (χ1v) is 16.2. The summed E-state index contributed by atoms with van der Waals surface area (Å²) in [5, 5.41) is 22.5. The molecule has 4 heteroatoms.